The van der Waals surface area contributed by atoms with E-state index in [1.807, 2.05) is 18.2 Å². The molecule has 5 nitrogen and oxygen atoms in total. The Labute approximate surface area is 119 Å². The summed E-state index contributed by atoms with van der Waals surface area (Å²) in [5.41, 5.74) is 1.32. The molecule has 20 heavy (non-hydrogen) atoms. The van der Waals surface area contributed by atoms with Crippen molar-refractivity contribution in [2.45, 2.75) is 32.6 Å². The SMILES string of the molecule is Cc1ccccc1.O=C(O)CCCCC(=O)OCCO. The van der Waals surface area contributed by atoms with Crippen LogP contribution in [-0.4, -0.2) is 35.4 Å². The van der Waals surface area contributed by atoms with Crippen LogP contribution in [-0.2, 0) is 14.3 Å². The lowest BCUT2D eigenvalue weighted by Gasteiger charge is -2.01. The highest BCUT2D eigenvalue weighted by molar-refractivity contribution is 5.69. The first-order valence-electron chi connectivity index (χ1n) is 6.56. The van der Waals surface area contributed by atoms with Crippen molar-refractivity contribution >= 4 is 11.9 Å². The summed E-state index contributed by atoms with van der Waals surface area (Å²) < 4.78 is 4.56. The second kappa shape index (κ2) is 12.2. The third-order valence-corrected chi connectivity index (χ3v) is 2.32. The van der Waals surface area contributed by atoms with E-state index in [1.54, 1.807) is 0 Å². The van der Waals surface area contributed by atoms with Crippen LogP contribution in [0.1, 0.15) is 31.2 Å². The predicted molar refractivity (Wildman–Crippen MR) is 75.3 cm³/mol. The largest absolute Gasteiger partial charge is 0.481 e. The highest BCUT2D eigenvalue weighted by Crippen LogP contribution is 2.01. The maximum absolute atomic E-state index is 10.8. The molecule has 0 amide bonds. The maximum Gasteiger partial charge on any atom is 0.305 e. The van der Waals surface area contributed by atoms with Gasteiger partial charge in [-0.3, -0.25) is 9.59 Å². The fourth-order valence-corrected chi connectivity index (χ4v) is 1.31. The van der Waals surface area contributed by atoms with Crippen molar-refractivity contribution in [2.75, 3.05) is 13.2 Å². The molecule has 0 aliphatic heterocycles. The van der Waals surface area contributed by atoms with E-state index in [4.69, 9.17) is 10.2 Å². The number of aliphatic hydroxyl groups excluding tert-OH is 1. The number of carbonyl (C=O) groups is 2. The highest BCUT2D eigenvalue weighted by Gasteiger charge is 2.03. The lowest BCUT2D eigenvalue weighted by Crippen LogP contribution is -2.08. The molecule has 112 valence electrons. The van der Waals surface area contributed by atoms with Gasteiger partial charge in [-0.25, -0.2) is 0 Å². The normalized spacial score (nSPS) is 9.30. The van der Waals surface area contributed by atoms with Gasteiger partial charge in [0.1, 0.15) is 6.61 Å². The van der Waals surface area contributed by atoms with Gasteiger partial charge in [-0.2, -0.15) is 0 Å². The second-order valence-electron chi connectivity index (χ2n) is 4.20. The number of unbranched alkanes of at least 4 members (excludes halogenated alkanes) is 1. The fraction of sp³-hybridized carbons (Fsp3) is 0.467. The summed E-state index contributed by atoms with van der Waals surface area (Å²) in [5, 5.41) is 16.6. The van der Waals surface area contributed by atoms with Crippen LogP contribution in [0.4, 0.5) is 0 Å². The van der Waals surface area contributed by atoms with Gasteiger partial charge in [0.15, 0.2) is 0 Å². The summed E-state index contributed by atoms with van der Waals surface area (Å²) in [6.07, 6.45) is 1.28. The molecule has 0 unspecified atom stereocenters. The number of hydrogen-bond donors (Lipinski definition) is 2. The summed E-state index contributed by atoms with van der Waals surface area (Å²) in [6, 6.07) is 10.3. The molecular formula is C15H22O5. The summed E-state index contributed by atoms with van der Waals surface area (Å²) in [4.78, 5) is 20.8. The summed E-state index contributed by atoms with van der Waals surface area (Å²) in [7, 11) is 0. The van der Waals surface area contributed by atoms with Gasteiger partial charge in [0.05, 0.1) is 6.61 Å². The van der Waals surface area contributed by atoms with Gasteiger partial charge >= 0.3 is 11.9 Å². The lowest BCUT2D eigenvalue weighted by molar-refractivity contribution is -0.145. The van der Waals surface area contributed by atoms with Crippen molar-refractivity contribution in [2.24, 2.45) is 0 Å². The average molecular weight is 282 g/mol. The molecule has 0 bridgehead atoms. The van der Waals surface area contributed by atoms with Gasteiger partial charge in [0.25, 0.3) is 0 Å². The predicted octanol–water partition coefficient (Wildman–Crippen LogP) is 2.16. The molecule has 0 saturated heterocycles. The number of benzene rings is 1. The Hall–Kier alpha value is -1.88. The van der Waals surface area contributed by atoms with Crippen LogP contribution in [0.3, 0.4) is 0 Å². The van der Waals surface area contributed by atoms with E-state index in [2.05, 4.69) is 23.8 Å². The zero-order valence-electron chi connectivity index (χ0n) is 11.7. The van der Waals surface area contributed by atoms with E-state index in [0.717, 1.165) is 0 Å². The van der Waals surface area contributed by atoms with Gasteiger partial charge in [-0.05, 0) is 19.8 Å². The molecule has 0 fully saturated rings. The van der Waals surface area contributed by atoms with Gasteiger partial charge < -0.3 is 14.9 Å². The first-order chi connectivity index (χ1) is 9.56. The third-order valence-electron chi connectivity index (χ3n) is 2.32. The van der Waals surface area contributed by atoms with E-state index in [-0.39, 0.29) is 32.0 Å². The quantitative estimate of drug-likeness (QED) is 0.591. The number of hydrogen-bond acceptors (Lipinski definition) is 4. The van der Waals surface area contributed by atoms with Gasteiger partial charge in [0.2, 0.25) is 0 Å². The number of rotatable bonds is 7. The van der Waals surface area contributed by atoms with Crippen molar-refractivity contribution in [1.29, 1.82) is 0 Å². The van der Waals surface area contributed by atoms with Crippen LogP contribution < -0.4 is 0 Å². The van der Waals surface area contributed by atoms with E-state index >= 15 is 0 Å². The second-order valence-corrected chi connectivity index (χ2v) is 4.20. The van der Waals surface area contributed by atoms with E-state index < -0.39 is 5.97 Å². The molecule has 0 aliphatic carbocycles. The topological polar surface area (TPSA) is 83.8 Å². The highest BCUT2D eigenvalue weighted by atomic mass is 16.5. The Kier molecular flexibility index (Phi) is 11.0. The summed E-state index contributed by atoms with van der Waals surface area (Å²) in [6.45, 7) is 1.92. The summed E-state index contributed by atoms with van der Waals surface area (Å²) in [5.74, 6) is -1.25. The first-order valence-corrected chi connectivity index (χ1v) is 6.56. The molecule has 0 heterocycles. The van der Waals surface area contributed by atoms with Crippen LogP contribution in [0.15, 0.2) is 30.3 Å². The molecule has 0 spiro atoms. The molecule has 0 atom stereocenters. The molecule has 0 aliphatic rings. The lowest BCUT2D eigenvalue weighted by atomic mass is 10.2. The number of aliphatic hydroxyl groups is 1. The number of esters is 1. The number of carboxylic acids is 1. The minimum atomic E-state index is -0.858. The zero-order chi connectivity index (χ0) is 15.2. The number of carbonyl (C=O) groups excluding carboxylic acids is 1. The molecule has 1 aromatic rings. The van der Waals surface area contributed by atoms with Crippen LogP contribution in [0, 0.1) is 6.92 Å². The van der Waals surface area contributed by atoms with Crippen molar-refractivity contribution in [3.8, 4) is 0 Å². The Morgan fingerprint density at radius 2 is 1.70 bits per heavy atom. The summed E-state index contributed by atoms with van der Waals surface area (Å²) >= 11 is 0. The Balaban J connectivity index is 0.000000428. The Morgan fingerprint density at radius 1 is 1.10 bits per heavy atom. The molecule has 1 aromatic carbocycles. The average Bonchev–Trinajstić information content (AvgIpc) is 2.43. The standard InChI is InChI=1S/C8H14O5.C7H8/c9-5-6-13-8(12)4-2-1-3-7(10)11;1-7-5-3-2-4-6-7/h9H,1-6H2,(H,10,11);2-6H,1H3. The van der Waals surface area contributed by atoms with Gasteiger partial charge in [-0.15, -0.1) is 0 Å². The number of ether oxygens (including phenoxy) is 1. The molecule has 2 N–H and O–H groups in total. The van der Waals surface area contributed by atoms with Crippen molar-refractivity contribution in [3.63, 3.8) is 0 Å². The number of aryl methyl sites for hydroxylation is 1. The third kappa shape index (κ3) is 12.6. The Bertz CT molecular complexity index is 375. The monoisotopic (exact) mass is 282 g/mol. The fourth-order valence-electron chi connectivity index (χ4n) is 1.31. The van der Waals surface area contributed by atoms with Crippen molar-refractivity contribution < 1.29 is 24.5 Å². The van der Waals surface area contributed by atoms with E-state index in [0.29, 0.717) is 12.8 Å². The van der Waals surface area contributed by atoms with Crippen LogP contribution in [0.25, 0.3) is 0 Å². The zero-order valence-corrected chi connectivity index (χ0v) is 11.7. The minimum Gasteiger partial charge on any atom is -0.481 e. The van der Waals surface area contributed by atoms with Gasteiger partial charge in [-0.1, -0.05) is 35.9 Å². The molecule has 0 radical (unpaired) electrons. The van der Waals surface area contributed by atoms with Crippen molar-refractivity contribution in [1.82, 2.24) is 0 Å². The van der Waals surface area contributed by atoms with Crippen LogP contribution in [0.2, 0.25) is 0 Å². The van der Waals surface area contributed by atoms with E-state index in [1.165, 1.54) is 5.56 Å². The molecule has 0 saturated carbocycles. The smallest absolute Gasteiger partial charge is 0.305 e. The number of carboxylic acid groups (broad SMARTS) is 1. The first kappa shape index (κ1) is 18.1. The molecule has 0 aromatic heterocycles. The Morgan fingerprint density at radius 3 is 2.15 bits per heavy atom. The van der Waals surface area contributed by atoms with Gasteiger partial charge in [0, 0.05) is 12.8 Å². The van der Waals surface area contributed by atoms with Crippen LogP contribution >= 0.6 is 0 Å². The van der Waals surface area contributed by atoms with Crippen LogP contribution in [0.5, 0.6) is 0 Å². The number of aliphatic carboxylic acids is 1. The molecule has 1 rings (SSSR count). The van der Waals surface area contributed by atoms with Crippen molar-refractivity contribution in [3.05, 3.63) is 35.9 Å². The van der Waals surface area contributed by atoms with E-state index in [9.17, 15) is 9.59 Å². The maximum atomic E-state index is 10.8. The molecular weight excluding hydrogens is 260 g/mol. The minimum absolute atomic E-state index is 0.0117. The molecule has 5 heteroatoms.